The van der Waals surface area contributed by atoms with Crippen LogP contribution in [0.4, 0.5) is 10.1 Å². The first kappa shape index (κ1) is 13.3. The summed E-state index contributed by atoms with van der Waals surface area (Å²) in [5.74, 6) is -0.862. The van der Waals surface area contributed by atoms with E-state index >= 15 is 0 Å². The van der Waals surface area contributed by atoms with Crippen LogP contribution in [-0.4, -0.2) is 11.0 Å². The van der Waals surface area contributed by atoms with Crippen LogP contribution in [-0.2, 0) is 0 Å². The van der Waals surface area contributed by atoms with E-state index in [0.29, 0.717) is 4.47 Å². The third-order valence-corrected chi connectivity index (χ3v) is 3.48. The number of nitro benzene ring substituents is 1. The summed E-state index contributed by atoms with van der Waals surface area (Å²) < 4.78 is 19.6. The molecule has 0 N–H and O–H groups in total. The van der Waals surface area contributed by atoms with Gasteiger partial charge in [0, 0.05) is 10.5 Å². The van der Waals surface area contributed by atoms with Crippen molar-refractivity contribution in [1.82, 2.24) is 0 Å². The number of nitrogens with zero attached hydrogens (tertiary/aromatic N) is 1. The lowest BCUT2D eigenvalue weighted by molar-refractivity contribution is -0.388. The van der Waals surface area contributed by atoms with Crippen LogP contribution in [0.15, 0.2) is 16.6 Å². The summed E-state index contributed by atoms with van der Waals surface area (Å²) in [5, 5.41) is 10.9. The first-order chi connectivity index (χ1) is 8.58. The van der Waals surface area contributed by atoms with Crippen LogP contribution in [0, 0.1) is 15.9 Å². The molecule has 0 aliphatic heterocycles. The van der Waals surface area contributed by atoms with Gasteiger partial charge in [-0.05, 0) is 31.7 Å². The summed E-state index contributed by atoms with van der Waals surface area (Å²) in [7, 11) is 0. The van der Waals surface area contributed by atoms with E-state index in [1.807, 2.05) is 0 Å². The van der Waals surface area contributed by atoms with E-state index in [2.05, 4.69) is 15.9 Å². The Labute approximate surface area is 112 Å². The smallest absolute Gasteiger partial charge is 0.346 e. The van der Waals surface area contributed by atoms with E-state index in [-0.39, 0.29) is 11.9 Å². The summed E-state index contributed by atoms with van der Waals surface area (Å²) in [6.45, 7) is 0. The zero-order valence-corrected chi connectivity index (χ0v) is 11.3. The van der Waals surface area contributed by atoms with Gasteiger partial charge in [-0.15, -0.1) is 0 Å². The third-order valence-electron chi connectivity index (χ3n) is 3.02. The molecule has 98 valence electrons. The molecule has 0 unspecified atom stereocenters. The molecular formula is C12H13BrFNO3. The lowest BCUT2D eigenvalue weighted by Crippen LogP contribution is -2.20. The van der Waals surface area contributed by atoms with Gasteiger partial charge in [0.15, 0.2) is 0 Å². The van der Waals surface area contributed by atoms with Crippen molar-refractivity contribution >= 4 is 21.6 Å². The fourth-order valence-electron chi connectivity index (χ4n) is 2.17. The van der Waals surface area contributed by atoms with E-state index in [4.69, 9.17) is 4.74 Å². The standard InChI is InChI=1S/C12H13BrFNO3/c13-8-6-10(14)12(15(16)17)11(7-8)18-9-4-2-1-3-5-9/h6-7,9H,1-5H2. The Bertz CT molecular complexity index is 461. The fraction of sp³-hybridized carbons (Fsp3) is 0.500. The van der Waals surface area contributed by atoms with E-state index in [1.54, 1.807) is 0 Å². The van der Waals surface area contributed by atoms with Gasteiger partial charge in [-0.1, -0.05) is 22.4 Å². The maximum Gasteiger partial charge on any atom is 0.346 e. The molecule has 1 aliphatic rings. The summed E-state index contributed by atoms with van der Waals surface area (Å²) in [6.07, 6.45) is 4.95. The number of nitro groups is 1. The van der Waals surface area contributed by atoms with Gasteiger partial charge < -0.3 is 4.74 Å². The zero-order chi connectivity index (χ0) is 13.1. The molecule has 6 heteroatoms. The molecule has 0 spiro atoms. The largest absolute Gasteiger partial charge is 0.483 e. The summed E-state index contributed by atoms with van der Waals surface area (Å²) in [4.78, 5) is 10.1. The molecule has 1 aromatic rings. The van der Waals surface area contributed by atoms with E-state index < -0.39 is 16.4 Å². The number of halogens is 2. The molecule has 18 heavy (non-hydrogen) atoms. The molecule has 0 atom stereocenters. The maximum atomic E-state index is 13.6. The van der Waals surface area contributed by atoms with Gasteiger partial charge in [-0.25, -0.2) is 0 Å². The van der Waals surface area contributed by atoms with Gasteiger partial charge >= 0.3 is 5.69 Å². The minimum absolute atomic E-state index is 0.0128. The molecule has 0 saturated heterocycles. The SMILES string of the molecule is O=[N+]([O-])c1c(F)cc(Br)cc1OC1CCCCC1. The number of rotatable bonds is 3. The van der Waals surface area contributed by atoms with Gasteiger partial charge in [0.2, 0.25) is 11.6 Å². The number of ether oxygens (including phenoxy) is 1. The topological polar surface area (TPSA) is 52.4 Å². The van der Waals surface area contributed by atoms with Gasteiger partial charge in [-0.2, -0.15) is 4.39 Å². The zero-order valence-electron chi connectivity index (χ0n) is 9.70. The second-order valence-electron chi connectivity index (χ2n) is 4.37. The fourth-order valence-corrected chi connectivity index (χ4v) is 2.58. The Balaban J connectivity index is 2.27. The maximum absolute atomic E-state index is 13.6. The molecule has 1 fully saturated rings. The van der Waals surface area contributed by atoms with Gasteiger partial charge in [0.05, 0.1) is 11.0 Å². The molecule has 1 saturated carbocycles. The predicted octanol–water partition coefficient (Wildman–Crippen LogP) is 4.21. The molecule has 0 aromatic heterocycles. The third kappa shape index (κ3) is 2.98. The Morgan fingerprint density at radius 2 is 2.00 bits per heavy atom. The van der Waals surface area contributed by atoms with Crippen molar-refractivity contribution < 1.29 is 14.1 Å². The highest BCUT2D eigenvalue weighted by molar-refractivity contribution is 9.10. The van der Waals surface area contributed by atoms with Crippen LogP contribution >= 0.6 is 15.9 Å². The molecule has 0 radical (unpaired) electrons. The van der Waals surface area contributed by atoms with Crippen molar-refractivity contribution in [3.8, 4) is 5.75 Å². The number of benzene rings is 1. The summed E-state index contributed by atoms with van der Waals surface area (Å²) in [6, 6.07) is 2.53. The summed E-state index contributed by atoms with van der Waals surface area (Å²) >= 11 is 3.12. The van der Waals surface area contributed by atoms with Crippen molar-refractivity contribution in [3.63, 3.8) is 0 Å². The van der Waals surface area contributed by atoms with E-state index in [0.717, 1.165) is 38.2 Å². The van der Waals surface area contributed by atoms with E-state index in [9.17, 15) is 14.5 Å². The molecule has 1 aromatic carbocycles. The molecule has 2 rings (SSSR count). The van der Waals surface area contributed by atoms with Crippen molar-refractivity contribution in [2.75, 3.05) is 0 Å². The quantitative estimate of drug-likeness (QED) is 0.620. The lowest BCUT2D eigenvalue weighted by Gasteiger charge is -2.22. The first-order valence-corrected chi connectivity index (χ1v) is 6.67. The van der Waals surface area contributed by atoms with Crippen LogP contribution in [0.5, 0.6) is 5.75 Å². The molecular weight excluding hydrogens is 305 g/mol. The number of hydrogen-bond acceptors (Lipinski definition) is 3. The van der Waals surface area contributed by atoms with Crippen LogP contribution in [0.25, 0.3) is 0 Å². The second kappa shape index (κ2) is 5.65. The minimum atomic E-state index is -0.875. The lowest BCUT2D eigenvalue weighted by atomic mass is 9.98. The van der Waals surface area contributed by atoms with Gasteiger partial charge in [-0.3, -0.25) is 10.1 Å². The van der Waals surface area contributed by atoms with Crippen molar-refractivity contribution in [3.05, 3.63) is 32.5 Å². The normalized spacial score (nSPS) is 16.6. The molecule has 4 nitrogen and oxygen atoms in total. The molecule has 0 heterocycles. The average Bonchev–Trinajstić information content (AvgIpc) is 2.28. The Kier molecular flexibility index (Phi) is 4.16. The highest BCUT2D eigenvalue weighted by atomic mass is 79.9. The van der Waals surface area contributed by atoms with Gasteiger partial charge in [0.1, 0.15) is 0 Å². The van der Waals surface area contributed by atoms with Crippen LogP contribution < -0.4 is 4.74 Å². The molecule has 1 aliphatic carbocycles. The second-order valence-corrected chi connectivity index (χ2v) is 5.29. The van der Waals surface area contributed by atoms with Crippen LogP contribution in [0.2, 0.25) is 0 Å². The average molecular weight is 318 g/mol. The summed E-state index contributed by atoms with van der Waals surface area (Å²) in [5.41, 5.74) is -0.580. The Hall–Kier alpha value is -1.17. The Morgan fingerprint density at radius 1 is 1.33 bits per heavy atom. The van der Waals surface area contributed by atoms with Gasteiger partial charge in [0.25, 0.3) is 0 Å². The van der Waals surface area contributed by atoms with Crippen LogP contribution in [0.3, 0.4) is 0 Å². The first-order valence-electron chi connectivity index (χ1n) is 5.88. The molecule has 0 amide bonds. The highest BCUT2D eigenvalue weighted by Crippen LogP contribution is 2.35. The Morgan fingerprint density at radius 3 is 2.61 bits per heavy atom. The van der Waals surface area contributed by atoms with Crippen molar-refractivity contribution in [2.45, 2.75) is 38.2 Å². The van der Waals surface area contributed by atoms with E-state index in [1.165, 1.54) is 6.07 Å². The number of hydrogen-bond donors (Lipinski definition) is 0. The highest BCUT2D eigenvalue weighted by Gasteiger charge is 2.25. The van der Waals surface area contributed by atoms with Crippen molar-refractivity contribution in [1.29, 1.82) is 0 Å². The minimum Gasteiger partial charge on any atom is -0.483 e. The predicted molar refractivity (Wildman–Crippen MR) is 68.3 cm³/mol. The van der Waals surface area contributed by atoms with Crippen molar-refractivity contribution in [2.24, 2.45) is 0 Å². The van der Waals surface area contributed by atoms with Crippen LogP contribution in [0.1, 0.15) is 32.1 Å². The molecule has 0 bridgehead atoms. The monoisotopic (exact) mass is 317 g/mol.